The molecule has 4 nitrogen and oxygen atoms in total. The molecule has 0 radical (unpaired) electrons. The lowest BCUT2D eigenvalue weighted by atomic mass is 10.2. The number of benzene rings is 1. The lowest BCUT2D eigenvalue weighted by Crippen LogP contribution is -1.81. The van der Waals surface area contributed by atoms with Crippen LogP contribution in [0.5, 0.6) is 5.75 Å². The minimum absolute atomic E-state index is 0.368. The Hall–Kier alpha value is -1.97. The van der Waals surface area contributed by atoms with Crippen LogP contribution in [0.25, 0.3) is 0 Å². The van der Waals surface area contributed by atoms with Gasteiger partial charge >= 0.3 is 6.16 Å². The van der Waals surface area contributed by atoms with E-state index >= 15 is 0 Å². The van der Waals surface area contributed by atoms with Crippen LogP contribution in [0, 0.1) is 6.92 Å². The normalized spacial score (nSPS) is 7.21. The standard InChI is InChI=1S/C7H8O.C2H4.CH2O3/c1-6-4-2-3-5-7(6)8;1-2;2-1(3)4/h2-5,8H,1H3;1-2H2;(H2,2,3,4). The number of phenolic OH excluding ortho intramolecular Hbond substituents is 1. The van der Waals surface area contributed by atoms with Crippen LogP contribution < -0.4 is 0 Å². The van der Waals surface area contributed by atoms with Crippen molar-refractivity contribution in [2.24, 2.45) is 0 Å². The Morgan fingerprint density at radius 1 is 1.21 bits per heavy atom. The van der Waals surface area contributed by atoms with Gasteiger partial charge in [0.2, 0.25) is 0 Å². The molecule has 78 valence electrons. The highest BCUT2D eigenvalue weighted by atomic mass is 16.6. The van der Waals surface area contributed by atoms with Crippen molar-refractivity contribution >= 4 is 6.16 Å². The Bertz CT molecular complexity index is 246. The van der Waals surface area contributed by atoms with Crippen molar-refractivity contribution in [3.05, 3.63) is 43.0 Å². The van der Waals surface area contributed by atoms with Crippen LogP contribution in [0.4, 0.5) is 4.79 Å². The Balaban J connectivity index is 0. The van der Waals surface area contributed by atoms with E-state index in [-0.39, 0.29) is 0 Å². The molecule has 1 rings (SSSR count). The van der Waals surface area contributed by atoms with Crippen LogP contribution in [0.15, 0.2) is 37.4 Å². The second kappa shape index (κ2) is 9.12. The monoisotopic (exact) mass is 198 g/mol. The molecule has 0 atom stereocenters. The molecule has 0 aliphatic carbocycles. The zero-order valence-corrected chi connectivity index (χ0v) is 7.97. The third kappa shape index (κ3) is 10.0. The smallest absolute Gasteiger partial charge is 0.503 e. The maximum Gasteiger partial charge on any atom is 0.503 e. The van der Waals surface area contributed by atoms with Crippen molar-refractivity contribution in [3.8, 4) is 5.75 Å². The molecule has 0 saturated heterocycles. The molecule has 3 N–H and O–H groups in total. The SMILES string of the molecule is C=C.Cc1ccccc1O.O=C(O)O. The lowest BCUT2D eigenvalue weighted by molar-refractivity contribution is 0.137. The first-order valence-corrected chi connectivity index (χ1v) is 3.70. The van der Waals surface area contributed by atoms with Crippen molar-refractivity contribution in [1.82, 2.24) is 0 Å². The summed E-state index contributed by atoms with van der Waals surface area (Å²) in [6.07, 6.45) is -1.83. The molecule has 1 aromatic carbocycles. The summed E-state index contributed by atoms with van der Waals surface area (Å²) in [5.41, 5.74) is 0.924. The number of phenols is 1. The van der Waals surface area contributed by atoms with Crippen LogP contribution in [-0.2, 0) is 0 Å². The summed E-state index contributed by atoms with van der Waals surface area (Å²) in [7, 11) is 0. The average molecular weight is 198 g/mol. The van der Waals surface area contributed by atoms with Gasteiger partial charge in [0.15, 0.2) is 0 Å². The van der Waals surface area contributed by atoms with Gasteiger partial charge in [-0.15, -0.1) is 13.2 Å². The van der Waals surface area contributed by atoms with E-state index < -0.39 is 6.16 Å². The summed E-state index contributed by atoms with van der Waals surface area (Å²) in [5, 5.41) is 22.9. The third-order valence-corrected chi connectivity index (χ3v) is 1.12. The second-order valence-corrected chi connectivity index (χ2v) is 2.07. The van der Waals surface area contributed by atoms with Gasteiger partial charge in [0.1, 0.15) is 5.75 Å². The number of para-hydroxylation sites is 1. The van der Waals surface area contributed by atoms with E-state index in [4.69, 9.17) is 20.1 Å². The molecule has 14 heavy (non-hydrogen) atoms. The summed E-state index contributed by atoms with van der Waals surface area (Å²) < 4.78 is 0. The molecule has 1 aromatic rings. The summed E-state index contributed by atoms with van der Waals surface area (Å²) in [6.45, 7) is 7.87. The Morgan fingerprint density at radius 2 is 1.57 bits per heavy atom. The van der Waals surface area contributed by atoms with Crippen molar-refractivity contribution in [3.63, 3.8) is 0 Å². The van der Waals surface area contributed by atoms with Gasteiger partial charge in [-0.25, -0.2) is 4.79 Å². The van der Waals surface area contributed by atoms with E-state index in [9.17, 15) is 0 Å². The van der Waals surface area contributed by atoms with Gasteiger partial charge in [-0.2, -0.15) is 0 Å². The largest absolute Gasteiger partial charge is 0.508 e. The molecule has 0 unspecified atom stereocenters. The number of carboxylic acid groups (broad SMARTS) is 2. The van der Waals surface area contributed by atoms with Gasteiger partial charge in [-0.3, -0.25) is 0 Å². The fourth-order valence-corrected chi connectivity index (χ4v) is 0.563. The zero-order valence-electron chi connectivity index (χ0n) is 7.97. The number of hydrogen-bond donors (Lipinski definition) is 3. The zero-order chi connectivity index (χ0) is 11.6. The summed E-state index contributed by atoms with van der Waals surface area (Å²) in [5.74, 6) is 0.368. The number of hydrogen-bond acceptors (Lipinski definition) is 2. The van der Waals surface area contributed by atoms with Crippen LogP contribution in [0.2, 0.25) is 0 Å². The number of rotatable bonds is 0. The van der Waals surface area contributed by atoms with Gasteiger partial charge in [-0.1, -0.05) is 18.2 Å². The molecule has 0 fully saturated rings. The molecule has 0 aromatic heterocycles. The molecule has 0 amide bonds. The van der Waals surface area contributed by atoms with Crippen LogP contribution in [0.3, 0.4) is 0 Å². The average Bonchev–Trinajstić information content (AvgIpc) is 2.13. The second-order valence-electron chi connectivity index (χ2n) is 2.07. The highest BCUT2D eigenvalue weighted by Crippen LogP contribution is 2.12. The fraction of sp³-hybridized carbons (Fsp3) is 0.100. The minimum Gasteiger partial charge on any atom is -0.508 e. The van der Waals surface area contributed by atoms with E-state index in [2.05, 4.69) is 13.2 Å². The molecule has 4 heteroatoms. The quantitative estimate of drug-likeness (QED) is 0.560. The Labute approximate surface area is 82.8 Å². The van der Waals surface area contributed by atoms with Gasteiger partial charge in [-0.05, 0) is 18.6 Å². The van der Waals surface area contributed by atoms with Crippen molar-refractivity contribution in [2.45, 2.75) is 6.92 Å². The predicted molar refractivity (Wildman–Crippen MR) is 54.8 cm³/mol. The van der Waals surface area contributed by atoms with E-state index in [1.807, 2.05) is 25.1 Å². The maximum atomic E-state index is 8.92. The molecule has 0 heterocycles. The Kier molecular flexibility index (Phi) is 9.48. The van der Waals surface area contributed by atoms with E-state index in [1.54, 1.807) is 6.07 Å². The minimum atomic E-state index is -1.83. The molecule has 0 aliphatic heterocycles. The number of aryl methyl sites for hydroxylation is 1. The van der Waals surface area contributed by atoms with Gasteiger partial charge in [0, 0.05) is 0 Å². The predicted octanol–water partition coefficient (Wildman–Crippen LogP) is 2.73. The first-order valence-electron chi connectivity index (χ1n) is 3.70. The van der Waals surface area contributed by atoms with Gasteiger partial charge < -0.3 is 15.3 Å². The van der Waals surface area contributed by atoms with Crippen molar-refractivity contribution in [2.75, 3.05) is 0 Å². The summed E-state index contributed by atoms with van der Waals surface area (Å²) >= 11 is 0. The fourth-order valence-electron chi connectivity index (χ4n) is 0.563. The highest BCUT2D eigenvalue weighted by Gasteiger charge is 1.86. The summed E-state index contributed by atoms with van der Waals surface area (Å²) in [4.78, 5) is 8.56. The van der Waals surface area contributed by atoms with Gasteiger partial charge in [0.05, 0.1) is 0 Å². The third-order valence-electron chi connectivity index (χ3n) is 1.12. The summed E-state index contributed by atoms with van der Waals surface area (Å²) in [6, 6.07) is 7.25. The maximum absolute atomic E-state index is 8.92. The van der Waals surface area contributed by atoms with Gasteiger partial charge in [0.25, 0.3) is 0 Å². The van der Waals surface area contributed by atoms with Crippen LogP contribution in [-0.4, -0.2) is 21.5 Å². The highest BCUT2D eigenvalue weighted by molar-refractivity contribution is 5.53. The van der Waals surface area contributed by atoms with Crippen LogP contribution in [0.1, 0.15) is 5.56 Å². The molecule has 0 spiro atoms. The first kappa shape index (κ1) is 14.5. The van der Waals surface area contributed by atoms with Crippen molar-refractivity contribution < 1.29 is 20.1 Å². The number of aromatic hydroxyl groups is 1. The molecule has 0 saturated carbocycles. The first-order chi connectivity index (χ1) is 6.54. The topological polar surface area (TPSA) is 77.8 Å². The number of carbonyl (C=O) groups is 1. The van der Waals surface area contributed by atoms with Crippen molar-refractivity contribution in [1.29, 1.82) is 0 Å². The van der Waals surface area contributed by atoms with E-state index in [1.165, 1.54) is 0 Å². The molecule has 0 bridgehead atoms. The van der Waals surface area contributed by atoms with E-state index in [0.717, 1.165) is 5.56 Å². The van der Waals surface area contributed by atoms with E-state index in [0.29, 0.717) is 5.75 Å². The molecule has 0 aliphatic rings. The molecular weight excluding hydrogens is 184 g/mol. The molecular formula is C10H14O4. The lowest BCUT2D eigenvalue weighted by Gasteiger charge is -1.92. The van der Waals surface area contributed by atoms with Crippen LogP contribution >= 0.6 is 0 Å². The Morgan fingerprint density at radius 3 is 1.79 bits per heavy atom.